The number of hydrogen-bond acceptors (Lipinski definition) is 2. The fourth-order valence-electron chi connectivity index (χ4n) is 2.91. The lowest BCUT2D eigenvalue weighted by atomic mass is 9.94. The number of rotatable bonds is 3. The average molecular weight is 232 g/mol. The quantitative estimate of drug-likeness (QED) is 0.868. The zero-order valence-corrected chi connectivity index (χ0v) is 11.2. The number of benzene rings is 1. The minimum Gasteiger partial charge on any atom is -0.326 e. The lowest BCUT2D eigenvalue weighted by molar-refractivity contribution is 0.218. The van der Waals surface area contributed by atoms with Crippen molar-refractivity contribution < 1.29 is 0 Å². The summed E-state index contributed by atoms with van der Waals surface area (Å²) >= 11 is 0. The van der Waals surface area contributed by atoms with Gasteiger partial charge in [0.25, 0.3) is 0 Å². The summed E-state index contributed by atoms with van der Waals surface area (Å²) in [6.07, 6.45) is 2.63. The summed E-state index contributed by atoms with van der Waals surface area (Å²) in [6, 6.07) is 7.28. The highest BCUT2D eigenvalue weighted by Crippen LogP contribution is 2.30. The molecule has 1 saturated heterocycles. The van der Waals surface area contributed by atoms with Gasteiger partial charge >= 0.3 is 0 Å². The first-order valence-corrected chi connectivity index (χ1v) is 6.66. The van der Waals surface area contributed by atoms with Gasteiger partial charge in [0.15, 0.2) is 0 Å². The van der Waals surface area contributed by atoms with Crippen LogP contribution in [-0.2, 0) is 0 Å². The van der Waals surface area contributed by atoms with Crippen LogP contribution in [0.2, 0.25) is 0 Å². The standard InChI is InChI=1S/C15H24N2/c1-11-6-7-12(2)14(10-11)15(13(3)16)17-8-4-5-9-17/h6-7,10,13,15H,4-5,8-9,16H2,1-3H3. The number of likely N-dealkylation sites (tertiary alicyclic amines) is 1. The Morgan fingerprint density at radius 2 is 1.82 bits per heavy atom. The fraction of sp³-hybridized carbons (Fsp3) is 0.600. The third-order valence-electron chi connectivity index (χ3n) is 3.79. The van der Waals surface area contributed by atoms with Crippen LogP contribution < -0.4 is 5.73 Å². The normalized spacial score (nSPS) is 20.5. The third kappa shape index (κ3) is 2.70. The SMILES string of the molecule is Cc1ccc(C)c(C(C(C)N)N2CCCC2)c1. The Labute approximate surface area is 105 Å². The van der Waals surface area contributed by atoms with Gasteiger partial charge in [-0.25, -0.2) is 0 Å². The van der Waals surface area contributed by atoms with Crippen molar-refractivity contribution in [3.05, 3.63) is 34.9 Å². The van der Waals surface area contributed by atoms with Crippen molar-refractivity contribution in [3.8, 4) is 0 Å². The van der Waals surface area contributed by atoms with Crippen LogP contribution >= 0.6 is 0 Å². The first-order chi connectivity index (χ1) is 8.09. The Bertz CT molecular complexity index is 379. The monoisotopic (exact) mass is 232 g/mol. The molecule has 1 aromatic carbocycles. The summed E-state index contributed by atoms with van der Waals surface area (Å²) in [5, 5.41) is 0. The zero-order chi connectivity index (χ0) is 12.4. The molecule has 1 heterocycles. The van der Waals surface area contributed by atoms with Crippen LogP contribution in [0.25, 0.3) is 0 Å². The van der Waals surface area contributed by atoms with Crippen LogP contribution in [0.4, 0.5) is 0 Å². The van der Waals surface area contributed by atoms with Crippen LogP contribution in [0.3, 0.4) is 0 Å². The summed E-state index contributed by atoms with van der Waals surface area (Å²) in [4.78, 5) is 2.55. The van der Waals surface area contributed by atoms with Gasteiger partial charge in [0, 0.05) is 12.1 Å². The third-order valence-corrected chi connectivity index (χ3v) is 3.79. The molecule has 17 heavy (non-hydrogen) atoms. The Kier molecular flexibility index (Phi) is 3.85. The van der Waals surface area contributed by atoms with Gasteiger partial charge in [-0.3, -0.25) is 4.90 Å². The molecule has 0 aliphatic carbocycles. The fourth-order valence-corrected chi connectivity index (χ4v) is 2.91. The first kappa shape index (κ1) is 12.6. The molecule has 0 amide bonds. The van der Waals surface area contributed by atoms with Crippen LogP contribution in [0.1, 0.15) is 42.5 Å². The summed E-state index contributed by atoms with van der Waals surface area (Å²) in [5.74, 6) is 0. The molecule has 94 valence electrons. The Morgan fingerprint density at radius 1 is 1.18 bits per heavy atom. The highest BCUT2D eigenvalue weighted by Gasteiger charge is 2.27. The molecule has 2 nitrogen and oxygen atoms in total. The predicted octanol–water partition coefficient (Wildman–Crippen LogP) is 2.79. The predicted molar refractivity (Wildman–Crippen MR) is 73.1 cm³/mol. The van der Waals surface area contributed by atoms with E-state index in [2.05, 4.69) is 43.9 Å². The van der Waals surface area contributed by atoms with Crippen LogP contribution in [-0.4, -0.2) is 24.0 Å². The van der Waals surface area contributed by atoms with Crippen molar-refractivity contribution in [2.45, 2.75) is 45.7 Å². The van der Waals surface area contributed by atoms with E-state index in [-0.39, 0.29) is 6.04 Å². The second-order valence-corrected chi connectivity index (χ2v) is 5.41. The second-order valence-electron chi connectivity index (χ2n) is 5.41. The number of nitrogens with two attached hydrogens (primary N) is 1. The summed E-state index contributed by atoms with van der Waals surface area (Å²) in [7, 11) is 0. The molecule has 1 aliphatic rings. The number of hydrogen-bond donors (Lipinski definition) is 1. The lowest BCUT2D eigenvalue weighted by Gasteiger charge is -2.32. The minimum absolute atomic E-state index is 0.189. The van der Waals surface area contributed by atoms with Crippen molar-refractivity contribution in [2.24, 2.45) is 5.73 Å². The Morgan fingerprint density at radius 3 is 2.41 bits per heavy atom. The van der Waals surface area contributed by atoms with E-state index >= 15 is 0 Å². The van der Waals surface area contributed by atoms with E-state index in [0.29, 0.717) is 6.04 Å². The maximum Gasteiger partial charge on any atom is 0.0499 e. The van der Waals surface area contributed by atoms with E-state index in [0.717, 1.165) is 0 Å². The summed E-state index contributed by atoms with van der Waals surface area (Å²) in [5.41, 5.74) is 10.3. The summed E-state index contributed by atoms with van der Waals surface area (Å²) in [6.45, 7) is 8.87. The molecule has 0 bridgehead atoms. The molecule has 0 radical (unpaired) electrons. The molecule has 2 rings (SSSR count). The van der Waals surface area contributed by atoms with Crippen LogP contribution in [0.5, 0.6) is 0 Å². The molecule has 0 aromatic heterocycles. The van der Waals surface area contributed by atoms with E-state index in [4.69, 9.17) is 5.73 Å². The van der Waals surface area contributed by atoms with Gasteiger partial charge in [0.1, 0.15) is 0 Å². The smallest absolute Gasteiger partial charge is 0.0499 e. The van der Waals surface area contributed by atoms with E-state index in [1.165, 1.54) is 42.6 Å². The van der Waals surface area contributed by atoms with E-state index in [1.807, 2.05) is 0 Å². The highest BCUT2D eigenvalue weighted by molar-refractivity contribution is 5.34. The van der Waals surface area contributed by atoms with Crippen molar-refractivity contribution in [1.82, 2.24) is 4.90 Å². The zero-order valence-electron chi connectivity index (χ0n) is 11.2. The van der Waals surface area contributed by atoms with Crippen LogP contribution in [0.15, 0.2) is 18.2 Å². The Hall–Kier alpha value is -0.860. The van der Waals surface area contributed by atoms with Gasteiger partial charge in [-0.05, 0) is 57.8 Å². The van der Waals surface area contributed by atoms with Gasteiger partial charge in [0.05, 0.1) is 0 Å². The van der Waals surface area contributed by atoms with Crippen molar-refractivity contribution in [1.29, 1.82) is 0 Å². The lowest BCUT2D eigenvalue weighted by Crippen LogP contribution is -2.38. The molecule has 0 spiro atoms. The van der Waals surface area contributed by atoms with Gasteiger partial charge < -0.3 is 5.73 Å². The topological polar surface area (TPSA) is 29.3 Å². The van der Waals surface area contributed by atoms with Gasteiger partial charge in [-0.15, -0.1) is 0 Å². The van der Waals surface area contributed by atoms with E-state index < -0.39 is 0 Å². The molecule has 2 heteroatoms. The molecule has 1 aliphatic heterocycles. The number of nitrogens with zero attached hydrogens (tertiary/aromatic N) is 1. The molecule has 0 saturated carbocycles. The van der Waals surface area contributed by atoms with Crippen molar-refractivity contribution >= 4 is 0 Å². The molecule has 1 aromatic rings. The maximum absolute atomic E-state index is 6.23. The summed E-state index contributed by atoms with van der Waals surface area (Å²) < 4.78 is 0. The molecule has 2 atom stereocenters. The van der Waals surface area contributed by atoms with Gasteiger partial charge in [0.2, 0.25) is 0 Å². The molecule has 2 N–H and O–H groups in total. The van der Waals surface area contributed by atoms with Crippen molar-refractivity contribution in [3.63, 3.8) is 0 Å². The van der Waals surface area contributed by atoms with Gasteiger partial charge in [-0.2, -0.15) is 0 Å². The number of aryl methyl sites for hydroxylation is 2. The van der Waals surface area contributed by atoms with Crippen LogP contribution in [0, 0.1) is 13.8 Å². The molecular formula is C15H24N2. The van der Waals surface area contributed by atoms with E-state index in [9.17, 15) is 0 Å². The second kappa shape index (κ2) is 5.19. The highest BCUT2D eigenvalue weighted by atomic mass is 15.2. The minimum atomic E-state index is 0.189. The largest absolute Gasteiger partial charge is 0.326 e. The van der Waals surface area contributed by atoms with Gasteiger partial charge in [-0.1, -0.05) is 23.8 Å². The average Bonchev–Trinajstić information content (AvgIpc) is 2.76. The maximum atomic E-state index is 6.23. The molecule has 1 fully saturated rings. The first-order valence-electron chi connectivity index (χ1n) is 6.66. The molecule has 2 unspecified atom stereocenters. The van der Waals surface area contributed by atoms with E-state index in [1.54, 1.807) is 0 Å². The Balaban J connectivity index is 2.34. The van der Waals surface area contributed by atoms with Crippen molar-refractivity contribution in [2.75, 3.05) is 13.1 Å². The molecular weight excluding hydrogens is 208 g/mol.